The molecule has 0 amide bonds. The molecule has 0 radical (unpaired) electrons. The molecule has 0 aromatic carbocycles. The molecule has 0 aliphatic heterocycles. The van der Waals surface area contributed by atoms with Crippen LogP contribution in [-0.4, -0.2) is 51.1 Å². The van der Waals surface area contributed by atoms with Crippen molar-refractivity contribution in [1.29, 1.82) is 0 Å². The quantitative estimate of drug-likeness (QED) is 0.529. The van der Waals surface area contributed by atoms with Crippen LogP contribution in [0, 0.1) is 0 Å². The Morgan fingerprint density at radius 3 is 2.19 bits per heavy atom. The van der Waals surface area contributed by atoms with Crippen LogP contribution in [0.25, 0.3) is 0 Å². The van der Waals surface area contributed by atoms with Crippen LogP contribution in [0.5, 0.6) is 0 Å². The van der Waals surface area contributed by atoms with E-state index in [1.54, 1.807) is 0 Å². The van der Waals surface area contributed by atoms with Gasteiger partial charge in [0.1, 0.15) is 6.10 Å². The third kappa shape index (κ3) is 5.96. The lowest BCUT2D eigenvalue weighted by molar-refractivity contribution is -0.00247. The van der Waals surface area contributed by atoms with Crippen molar-refractivity contribution < 1.29 is 19.4 Å². The molecule has 0 saturated carbocycles. The first kappa shape index (κ1) is 16.1. The lowest BCUT2D eigenvalue weighted by atomic mass is 10.2. The molecule has 2 N–H and O–H groups in total. The Kier molecular flexibility index (Phi) is 6.73. The Balaban J connectivity index is 3.67. The summed E-state index contributed by atoms with van der Waals surface area (Å²) >= 11 is 0. The Morgan fingerprint density at radius 1 is 1.19 bits per heavy atom. The average molecular weight is 250 g/mol. The molecule has 5 heteroatoms. The molecule has 0 fully saturated rings. The Morgan fingerprint density at radius 2 is 1.75 bits per heavy atom. The monoisotopic (exact) mass is 250 g/mol. The number of hydrogen-bond acceptors (Lipinski definition) is 4. The largest absolute Gasteiger partial charge is 0.414 e. The summed E-state index contributed by atoms with van der Waals surface area (Å²) in [6.07, 6.45) is -0.784. The van der Waals surface area contributed by atoms with Crippen LogP contribution in [0.15, 0.2) is 0 Å². The van der Waals surface area contributed by atoms with E-state index in [1.807, 2.05) is 0 Å². The molecule has 16 heavy (non-hydrogen) atoms. The van der Waals surface area contributed by atoms with Gasteiger partial charge in [-0.05, 0) is 18.1 Å². The molecular weight excluding hydrogens is 224 g/mol. The highest BCUT2D eigenvalue weighted by Crippen LogP contribution is 2.36. The predicted octanol–water partition coefficient (Wildman–Crippen LogP) is 1.38. The van der Waals surface area contributed by atoms with Crippen molar-refractivity contribution in [2.24, 2.45) is 0 Å². The van der Waals surface area contributed by atoms with Gasteiger partial charge in [-0.15, -0.1) is 0 Å². The lowest BCUT2D eigenvalue weighted by Gasteiger charge is -2.36. The van der Waals surface area contributed by atoms with E-state index < -0.39 is 14.4 Å². The molecule has 0 heterocycles. The van der Waals surface area contributed by atoms with Crippen molar-refractivity contribution in [3.8, 4) is 0 Å². The highest BCUT2D eigenvalue weighted by molar-refractivity contribution is 6.74. The molecule has 1 unspecified atom stereocenters. The number of aliphatic hydroxyl groups is 2. The maximum absolute atomic E-state index is 9.04. The summed E-state index contributed by atoms with van der Waals surface area (Å²) in [5, 5.41) is 17.8. The molecule has 4 nitrogen and oxygen atoms in total. The first-order valence-corrected chi connectivity index (χ1v) is 8.62. The maximum Gasteiger partial charge on any atom is 0.192 e. The number of rotatable bonds is 7. The Hall–Kier alpha value is 0.0569. The van der Waals surface area contributed by atoms with Gasteiger partial charge in [-0.2, -0.15) is 0 Å². The minimum Gasteiger partial charge on any atom is -0.414 e. The molecule has 0 aromatic heterocycles. The second-order valence-corrected chi connectivity index (χ2v) is 10.3. The SMILES string of the molecule is CC(C)(C)[Si](C)(C)OCCOCC(O)CO. The van der Waals surface area contributed by atoms with Crippen molar-refractivity contribution in [3.63, 3.8) is 0 Å². The Labute approximate surface area is 99.7 Å². The van der Waals surface area contributed by atoms with E-state index in [0.717, 1.165) is 0 Å². The molecule has 0 bridgehead atoms. The molecule has 0 saturated heterocycles. The average Bonchev–Trinajstić information content (AvgIpc) is 2.15. The summed E-state index contributed by atoms with van der Waals surface area (Å²) in [7, 11) is -1.68. The number of aliphatic hydroxyl groups excluding tert-OH is 2. The van der Waals surface area contributed by atoms with Crippen molar-refractivity contribution in [1.82, 2.24) is 0 Å². The van der Waals surface area contributed by atoms with E-state index >= 15 is 0 Å². The standard InChI is InChI=1S/C11H26O4Si/c1-11(2,3)16(4,5)15-7-6-14-9-10(13)8-12/h10,12-13H,6-9H2,1-5H3. The van der Waals surface area contributed by atoms with E-state index in [1.165, 1.54) is 0 Å². The second-order valence-electron chi connectivity index (χ2n) is 5.52. The van der Waals surface area contributed by atoms with E-state index in [2.05, 4.69) is 33.9 Å². The van der Waals surface area contributed by atoms with E-state index in [4.69, 9.17) is 19.4 Å². The molecule has 0 aliphatic carbocycles. The summed E-state index contributed by atoms with van der Waals surface area (Å²) in [6.45, 7) is 11.9. The smallest absolute Gasteiger partial charge is 0.192 e. The molecule has 0 aliphatic rings. The third-order valence-electron chi connectivity index (χ3n) is 3.02. The highest BCUT2D eigenvalue weighted by atomic mass is 28.4. The van der Waals surface area contributed by atoms with Crippen molar-refractivity contribution in [2.75, 3.05) is 26.4 Å². The fraction of sp³-hybridized carbons (Fsp3) is 1.00. The van der Waals surface area contributed by atoms with Gasteiger partial charge in [-0.25, -0.2) is 0 Å². The van der Waals surface area contributed by atoms with Crippen LogP contribution < -0.4 is 0 Å². The predicted molar refractivity (Wildman–Crippen MR) is 67.1 cm³/mol. The van der Waals surface area contributed by atoms with Crippen LogP contribution in [0.3, 0.4) is 0 Å². The van der Waals surface area contributed by atoms with Gasteiger partial charge in [0, 0.05) is 0 Å². The van der Waals surface area contributed by atoms with Crippen LogP contribution in [0.4, 0.5) is 0 Å². The van der Waals surface area contributed by atoms with Crippen molar-refractivity contribution in [3.05, 3.63) is 0 Å². The normalized spacial score (nSPS) is 15.2. The zero-order valence-electron chi connectivity index (χ0n) is 11.1. The molecule has 1 atom stereocenters. The molecule has 0 spiro atoms. The van der Waals surface area contributed by atoms with Gasteiger partial charge in [0.05, 0.1) is 26.4 Å². The van der Waals surface area contributed by atoms with Crippen LogP contribution in [0.2, 0.25) is 18.1 Å². The van der Waals surface area contributed by atoms with E-state index in [-0.39, 0.29) is 18.3 Å². The zero-order valence-corrected chi connectivity index (χ0v) is 12.1. The summed E-state index contributed by atoms with van der Waals surface area (Å²) in [4.78, 5) is 0. The van der Waals surface area contributed by atoms with Crippen LogP contribution in [-0.2, 0) is 9.16 Å². The van der Waals surface area contributed by atoms with Gasteiger partial charge in [0.15, 0.2) is 8.32 Å². The molecule has 0 rings (SSSR count). The lowest BCUT2D eigenvalue weighted by Crippen LogP contribution is -2.41. The minimum absolute atomic E-state index is 0.164. The second kappa shape index (κ2) is 6.71. The van der Waals surface area contributed by atoms with Gasteiger partial charge in [-0.1, -0.05) is 20.8 Å². The van der Waals surface area contributed by atoms with Crippen LogP contribution >= 0.6 is 0 Å². The highest BCUT2D eigenvalue weighted by Gasteiger charge is 2.36. The molecular formula is C11H26O4Si. The fourth-order valence-corrected chi connectivity index (χ4v) is 1.87. The molecule has 98 valence electrons. The number of hydrogen-bond donors (Lipinski definition) is 2. The van der Waals surface area contributed by atoms with Crippen molar-refractivity contribution in [2.45, 2.75) is 45.0 Å². The first-order chi connectivity index (χ1) is 7.20. The maximum atomic E-state index is 9.04. The zero-order chi connectivity index (χ0) is 12.8. The van der Waals surface area contributed by atoms with Gasteiger partial charge >= 0.3 is 0 Å². The molecule has 0 aromatic rings. The minimum atomic E-state index is -1.68. The fourth-order valence-electron chi connectivity index (χ4n) is 0.844. The summed E-state index contributed by atoms with van der Waals surface area (Å²) in [6, 6.07) is 0. The summed E-state index contributed by atoms with van der Waals surface area (Å²) in [5.74, 6) is 0. The van der Waals surface area contributed by atoms with E-state index in [0.29, 0.717) is 13.2 Å². The van der Waals surface area contributed by atoms with Gasteiger partial charge in [0.25, 0.3) is 0 Å². The third-order valence-corrected chi connectivity index (χ3v) is 7.56. The Bertz CT molecular complexity index is 189. The first-order valence-electron chi connectivity index (χ1n) is 5.71. The van der Waals surface area contributed by atoms with Crippen LogP contribution in [0.1, 0.15) is 20.8 Å². The van der Waals surface area contributed by atoms with E-state index in [9.17, 15) is 0 Å². The van der Waals surface area contributed by atoms with Crippen molar-refractivity contribution >= 4 is 8.32 Å². The van der Waals surface area contributed by atoms with Gasteiger partial charge < -0.3 is 19.4 Å². The summed E-state index contributed by atoms with van der Waals surface area (Å²) < 4.78 is 11.1. The van der Waals surface area contributed by atoms with Gasteiger partial charge in [0.2, 0.25) is 0 Å². The summed E-state index contributed by atoms with van der Waals surface area (Å²) in [5.41, 5.74) is 0. The number of ether oxygens (including phenoxy) is 1. The van der Waals surface area contributed by atoms with Gasteiger partial charge in [-0.3, -0.25) is 0 Å². The topological polar surface area (TPSA) is 58.9 Å².